The van der Waals surface area contributed by atoms with Crippen LogP contribution in [0.2, 0.25) is 0 Å². The predicted molar refractivity (Wildman–Crippen MR) is 84.4 cm³/mol. The molecule has 1 heterocycles. The second-order valence-corrected chi connectivity index (χ2v) is 6.33. The van der Waals surface area contributed by atoms with Crippen LogP contribution in [0, 0.1) is 11.3 Å². The molecule has 0 bridgehead atoms. The Morgan fingerprint density at radius 1 is 1.48 bits per heavy atom. The predicted octanol–water partition coefficient (Wildman–Crippen LogP) is 4.02. The average Bonchev–Trinajstić information content (AvgIpc) is 2.76. The van der Waals surface area contributed by atoms with Crippen LogP contribution < -0.4 is 0 Å². The van der Waals surface area contributed by atoms with E-state index in [2.05, 4.69) is 15.6 Å². The summed E-state index contributed by atoms with van der Waals surface area (Å²) in [5.41, 5.74) is 2.06. The molecule has 1 aromatic carbocycles. The van der Waals surface area contributed by atoms with E-state index in [9.17, 15) is 0 Å². The van der Waals surface area contributed by atoms with Crippen LogP contribution in [-0.4, -0.2) is 21.8 Å². The Kier molecular flexibility index (Phi) is 4.55. The molecule has 0 amide bonds. The van der Waals surface area contributed by atoms with Crippen molar-refractivity contribution >= 4 is 22.6 Å². The van der Waals surface area contributed by atoms with E-state index >= 15 is 0 Å². The van der Waals surface area contributed by atoms with Gasteiger partial charge in [-0.05, 0) is 45.9 Å². The monoisotopic (exact) mass is 305 g/mol. The quantitative estimate of drug-likeness (QED) is 0.784. The fourth-order valence-corrected chi connectivity index (χ4v) is 2.66. The van der Waals surface area contributed by atoms with Crippen molar-refractivity contribution in [2.45, 2.75) is 45.2 Å². The summed E-state index contributed by atoms with van der Waals surface area (Å²) < 4.78 is 7.85. The van der Waals surface area contributed by atoms with E-state index in [-0.39, 0.29) is 11.0 Å². The lowest BCUT2D eigenvalue weighted by Crippen LogP contribution is -2.31. The molecule has 2 aromatic rings. The summed E-state index contributed by atoms with van der Waals surface area (Å²) in [4.78, 5) is 4.60. The Balaban J connectivity index is 2.57. The minimum Gasteiger partial charge on any atom is -0.374 e. The van der Waals surface area contributed by atoms with Crippen molar-refractivity contribution in [2.24, 2.45) is 0 Å². The van der Waals surface area contributed by atoms with Gasteiger partial charge in [0.25, 0.3) is 0 Å². The van der Waals surface area contributed by atoms with Gasteiger partial charge in [0, 0.05) is 6.61 Å². The van der Waals surface area contributed by atoms with Crippen LogP contribution in [0.3, 0.4) is 0 Å². The Labute approximate surface area is 130 Å². The van der Waals surface area contributed by atoms with Crippen molar-refractivity contribution in [3.05, 3.63) is 29.6 Å². The minimum absolute atomic E-state index is 0.208. The highest BCUT2D eigenvalue weighted by molar-refractivity contribution is 6.20. The number of aromatic nitrogens is 2. The number of alkyl halides is 1. The van der Waals surface area contributed by atoms with Crippen molar-refractivity contribution < 1.29 is 4.74 Å². The number of hydrogen-bond donors (Lipinski definition) is 0. The van der Waals surface area contributed by atoms with Gasteiger partial charge in [-0.15, -0.1) is 11.6 Å². The number of hydrogen-bond acceptors (Lipinski definition) is 3. The normalized spacial score (nSPS) is 13.3. The zero-order valence-electron chi connectivity index (χ0n) is 12.9. The maximum Gasteiger partial charge on any atom is 0.127 e. The van der Waals surface area contributed by atoms with E-state index in [1.807, 2.05) is 39.8 Å². The lowest BCUT2D eigenvalue weighted by Gasteiger charge is -2.26. The van der Waals surface area contributed by atoms with Gasteiger partial charge < -0.3 is 9.30 Å². The van der Waals surface area contributed by atoms with Gasteiger partial charge in [0.15, 0.2) is 0 Å². The number of fused-ring (bicyclic) bond motifs is 1. The summed E-state index contributed by atoms with van der Waals surface area (Å²) in [6, 6.07) is 7.66. The van der Waals surface area contributed by atoms with Crippen molar-refractivity contribution in [3.63, 3.8) is 0 Å². The number of nitriles is 1. The summed E-state index contributed by atoms with van der Waals surface area (Å²) in [6.45, 7) is 9.25. The second-order valence-electron chi connectivity index (χ2n) is 5.68. The lowest BCUT2D eigenvalue weighted by atomic mass is 10.1. The molecule has 0 spiro atoms. The van der Waals surface area contributed by atoms with Gasteiger partial charge in [-0.3, -0.25) is 0 Å². The third-order valence-electron chi connectivity index (χ3n) is 3.34. The number of imidazole rings is 1. The van der Waals surface area contributed by atoms with E-state index in [1.54, 1.807) is 6.07 Å². The van der Waals surface area contributed by atoms with E-state index in [1.165, 1.54) is 0 Å². The first-order valence-electron chi connectivity index (χ1n) is 7.06. The third kappa shape index (κ3) is 3.37. The van der Waals surface area contributed by atoms with E-state index in [0.29, 0.717) is 18.7 Å². The second kappa shape index (κ2) is 6.05. The fourth-order valence-electron chi connectivity index (χ4n) is 2.50. The van der Waals surface area contributed by atoms with Crippen LogP contribution >= 0.6 is 11.6 Å². The largest absolute Gasteiger partial charge is 0.374 e. The lowest BCUT2D eigenvalue weighted by molar-refractivity contribution is -0.0221. The Morgan fingerprint density at radius 3 is 2.76 bits per heavy atom. The average molecular weight is 306 g/mol. The Bertz CT molecular complexity index is 683. The molecule has 0 saturated heterocycles. The molecule has 0 fully saturated rings. The molecule has 0 aliphatic heterocycles. The first-order chi connectivity index (χ1) is 9.88. The SMILES string of the molecule is CCOC(C)(C)Cn1c(C(C)Cl)nc2ccc(C#N)cc21. The standard InChI is InChI=1S/C16H20ClN3O/c1-5-21-16(3,4)10-20-14-8-12(9-18)6-7-13(14)19-15(20)11(2)17/h6-8,11H,5,10H2,1-4H3. The summed E-state index contributed by atoms with van der Waals surface area (Å²) in [5, 5.41) is 8.88. The molecular weight excluding hydrogens is 286 g/mol. The van der Waals surface area contributed by atoms with Crippen LogP contribution in [-0.2, 0) is 11.3 Å². The van der Waals surface area contributed by atoms with Gasteiger partial charge in [0.2, 0.25) is 0 Å². The summed E-state index contributed by atoms with van der Waals surface area (Å²) in [6.07, 6.45) is 0. The van der Waals surface area contributed by atoms with E-state index in [4.69, 9.17) is 21.6 Å². The summed E-state index contributed by atoms with van der Waals surface area (Å²) >= 11 is 6.27. The number of rotatable bonds is 5. The van der Waals surface area contributed by atoms with Gasteiger partial charge in [0.1, 0.15) is 5.82 Å². The summed E-state index contributed by atoms with van der Waals surface area (Å²) in [7, 11) is 0. The maximum atomic E-state index is 9.09. The summed E-state index contributed by atoms with van der Waals surface area (Å²) in [5.74, 6) is 0.800. The molecule has 1 unspecified atom stereocenters. The van der Waals surface area contributed by atoms with Gasteiger partial charge in [0.05, 0.1) is 40.2 Å². The highest BCUT2D eigenvalue weighted by atomic mass is 35.5. The Morgan fingerprint density at radius 2 is 2.19 bits per heavy atom. The van der Waals surface area contributed by atoms with Crippen molar-refractivity contribution in [1.82, 2.24) is 9.55 Å². The van der Waals surface area contributed by atoms with Gasteiger partial charge in [-0.2, -0.15) is 5.26 Å². The van der Waals surface area contributed by atoms with Gasteiger partial charge >= 0.3 is 0 Å². The van der Waals surface area contributed by atoms with Crippen LogP contribution in [0.1, 0.15) is 44.5 Å². The van der Waals surface area contributed by atoms with Crippen LogP contribution in [0.4, 0.5) is 0 Å². The Hall–Kier alpha value is -1.57. The molecule has 0 aliphatic rings. The van der Waals surface area contributed by atoms with Crippen molar-refractivity contribution in [1.29, 1.82) is 5.26 Å². The van der Waals surface area contributed by atoms with Gasteiger partial charge in [-0.25, -0.2) is 4.98 Å². The molecule has 1 aromatic heterocycles. The third-order valence-corrected chi connectivity index (χ3v) is 3.53. The first-order valence-corrected chi connectivity index (χ1v) is 7.50. The van der Waals surface area contributed by atoms with Crippen LogP contribution in [0.15, 0.2) is 18.2 Å². The van der Waals surface area contributed by atoms with Crippen LogP contribution in [0.5, 0.6) is 0 Å². The molecule has 0 aliphatic carbocycles. The molecule has 21 heavy (non-hydrogen) atoms. The zero-order chi connectivity index (χ0) is 15.6. The fraction of sp³-hybridized carbons (Fsp3) is 0.500. The van der Waals surface area contributed by atoms with Gasteiger partial charge in [-0.1, -0.05) is 0 Å². The molecule has 0 N–H and O–H groups in total. The van der Waals surface area contributed by atoms with E-state index in [0.717, 1.165) is 16.9 Å². The zero-order valence-corrected chi connectivity index (χ0v) is 13.6. The molecule has 0 radical (unpaired) electrons. The van der Waals surface area contributed by atoms with Crippen LogP contribution in [0.25, 0.3) is 11.0 Å². The topological polar surface area (TPSA) is 50.8 Å². The molecule has 5 heteroatoms. The highest BCUT2D eigenvalue weighted by Crippen LogP contribution is 2.27. The first kappa shape index (κ1) is 15.8. The molecule has 1 atom stereocenters. The highest BCUT2D eigenvalue weighted by Gasteiger charge is 2.23. The molecular formula is C16H20ClN3O. The number of benzene rings is 1. The molecule has 2 rings (SSSR count). The molecule has 0 saturated carbocycles. The maximum absolute atomic E-state index is 9.09. The minimum atomic E-state index is -0.328. The van der Waals surface area contributed by atoms with Crippen molar-refractivity contribution in [3.8, 4) is 6.07 Å². The molecule has 112 valence electrons. The van der Waals surface area contributed by atoms with E-state index < -0.39 is 0 Å². The molecule has 4 nitrogen and oxygen atoms in total. The number of ether oxygens (including phenoxy) is 1. The van der Waals surface area contributed by atoms with Crippen molar-refractivity contribution in [2.75, 3.05) is 6.61 Å². The number of nitrogens with zero attached hydrogens (tertiary/aromatic N) is 3. The number of halogens is 1. The smallest absolute Gasteiger partial charge is 0.127 e.